The fourth-order valence-corrected chi connectivity index (χ4v) is 17.1. The zero-order chi connectivity index (χ0) is 66.5. The largest absolute Gasteiger partial charge is 0.356 e. The van der Waals surface area contributed by atoms with Gasteiger partial charge in [0.1, 0.15) is 0 Å². The summed E-state index contributed by atoms with van der Waals surface area (Å²) in [7, 11) is 0. The van der Waals surface area contributed by atoms with Crippen molar-refractivity contribution in [1.29, 1.82) is 0 Å². The third-order valence-electron chi connectivity index (χ3n) is 21.2. The van der Waals surface area contributed by atoms with Crippen LogP contribution in [0.25, 0.3) is 66.1 Å². The van der Waals surface area contributed by atoms with E-state index in [-0.39, 0.29) is 23.1 Å². The van der Waals surface area contributed by atoms with Crippen LogP contribution >= 0.6 is 31.9 Å². The van der Waals surface area contributed by atoms with Gasteiger partial charge >= 0.3 is 0 Å². The number of benzene rings is 14. The van der Waals surface area contributed by atoms with E-state index in [1.54, 1.807) is 0 Å². The van der Waals surface area contributed by atoms with Crippen LogP contribution in [-0.4, -0.2) is 0 Å². The van der Waals surface area contributed by atoms with Crippen LogP contribution in [-0.2, 0) is 21.7 Å². The lowest BCUT2D eigenvalue weighted by molar-refractivity contribution is 0.659. The Labute approximate surface area is 589 Å². The Morgan fingerprint density at radius 1 is 0.237 bits per heavy atom. The molecule has 0 atom stereocenters. The van der Waals surface area contributed by atoms with Crippen molar-refractivity contribution in [2.45, 2.75) is 77.0 Å². The first-order chi connectivity index (χ1) is 47.0. The van der Waals surface area contributed by atoms with Gasteiger partial charge in [0, 0.05) is 77.5 Å². The summed E-state index contributed by atoms with van der Waals surface area (Å²) in [5.74, 6) is 0. The highest BCUT2D eigenvalue weighted by Crippen LogP contribution is 2.60. The number of rotatable bonds is 8. The van der Waals surface area contributed by atoms with E-state index in [0.717, 1.165) is 43.1 Å². The maximum Gasteiger partial charge on any atom is 0.0465 e. The van der Waals surface area contributed by atoms with E-state index in [9.17, 15) is 0 Å². The zero-order valence-corrected chi connectivity index (χ0v) is 59.2. The van der Waals surface area contributed by atoms with Crippen LogP contribution in [0.3, 0.4) is 0 Å². The third-order valence-corrected chi connectivity index (χ3v) is 22.2. The molecule has 18 rings (SSSR count). The van der Waals surface area contributed by atoms with Crippen molar-refractivity contribution in [3.63, 3.8) is 0 Å². The molecule has 1 N–H and O–H groups in total. The van der Waals surface area contributed by atoms with Crippen molar-refractivity contribution in [1.82, 2.24) is 0 Å². The summed E-state index contributed by atoms with van der Waals surface area (Å²) >= 11 is 7.37. The molecule has 0 radical (unpaired) electrons. The minimum atomic E-state index is -0.155. The molecule has 0 heterocycles. The Morgan fingerprint density at radius 2 is 0.474 bits per heavy atom. The van der Waals surface area contributed by atoms with Crippen LogP contribution in [0.4, 0.5) is 45.5 Å². The third kappa shape index (κ3) is 10.4. The van der Waals surface area contributed by atoms with Gasteiger partial charge in [0.15, 0.2) is 0 Å². The molecule has 3 nitrogen and oxygen atoms in total. The first-order valence-corrected chi connectivity index (χ1v) is 35.4. The molecule has 4 aliphatic rings. The Hall–Kier alpha value is -10.0. The lowest BCUT2D eigenvalue weighted by Crippen LogP contribution is -2.17. The molecule has 97 heavy (non-hydrogen) atoms. The van der Waals surface area contributed by atoms with Crippen molar-refractivity contribution >= 4 is 98.9 Å². The summed E-state index contributed by atoms with van der Waals surface area (Å²) in [5, 5.41) is 8.70. The molecule has 0 bridgehead atoms. The maximum absolute atomic E-state index is 3.68. The Morgan fingerprint density at radius 3 is 0.742 bits per heavy atom. The highest BCUT2D eigenvalue weighted by atomic mass is 79.9. The number of hydrogen-bond acceptors (Lipinski definition) is 3. The molecule has 5 heteroatoms. The molecule has 0 aliphatic heterocycles. The quantitative estimate of drug-likeness (QED) is 0.164. The Kier molecular flexibility index (Phi) is 15.3. The lowest BCUT2D eigenvalue weighted by atomic mass is 9.80. The van der Waals surface area contributed by atoms with E-state index < -0.39 is 0 Å². The van der Waals surface area contributed by atoms with Gasteiger partial charge in [-0.15, -0.1) is 0 Å². The molecule has 0 aromatic heterocycles. The van der Waals surface area contributed by atoms with E-state index >= 15 is 0 Å². The van der Waals surface area contributed by atoms with Crippen molar-refractivity contribution in [3.8, 4) is 44.5 Å². The molecule has 0 unspecified atom stereocenters. The molecule has 14 aromatic rings. The molecule has 4 aliphatic carbocycles. The molecule has 474 valence electrons. The van der Waals surface area contributed by atoms with Gasteiger partial charge in [0.2, 0.25) is 0 Å². The Balaban J connectivity index is 0.000000148. The van der Waals surface area contributed by atoms with Crippen LogP contribution in [0.5, 0.6) is 0 Å². The molecule has 0 spiro atoms. The van der Waals surface area contributed by atoms with Gasteiger partial charge in [0.25, 0.3) is 0 Å². The monoisotopic (exact) mass is 1380 g/mol. The summed E-state index contributed by atoms with van der Waals surface area (Å²) in [5.41, 5.74) is 31.0. The van der Waals surface area contributed by atoms with E-state index in [4.69, 9.17) is 0 Å². The molecule has 14 aromatic carbocycles. The number of anilines is 8. The minimum Gasteiger partial charge on any atom is -0.356 e. The number of para-hydroxylation sites is 6. The number of fused-ring (bicyclic) bond motifs is 18. The first kappa shape index (κ1) is 61.8. The van der Waals surface area contributed by atoms with Crippen LogP contribution in [0, 0.1) is 0 Å². The maximum atomic E-state index is 3.68. The van der Waals surface area contributed by atoms with Crippen LogP contribution in [0.1, 0.15) is 101 Å². The SMILES string of the molecule is CC1(C)c2cc(Br)ccc2-c2c1ccc1c3c(ccc21)C(C)(C)c1cc(Br)ccc1-3.CC1(C)c2cc(N(c3ccccc3)c3ccccc3)ccc2-c2c1ccc1c3c(ccc21)C(C)(C)c1cc(N(c2ccccc2)c2ccccc2)ccc1-3.[2HH].c1ccc(Nc2ccccc2)cc1. The lowest BCUT2D eigenvalue weighted by Gasteiger charge is -2.28. The van der Waals surface area contributed by atoms with Crippen molar-refractivity contribution in [3.05, 3.63) is 357 Å². The standard InChI is InChI=1S/C52H42N2.C28H22Br2.C12H11N.H2/c1-51(2)45-31-29-42-41(49(45)43-27-25-39(33-47(43)51)53(35-17-9-5-10-18-35)36-19-11-6-12-20-36)30-32-46-50(42)44-28-26-40(34-48(44)52(46,3)4)54(37-21-13-7-14-22-37)38-23-15-8-16-24-38;1-27(2)21-11-9-18-17(25(21)19-7-5-15(29)13-23(19)27)10-12-22-26(18)20-8-6-16(30)14-24(20)28(22,3)4;1-3-7-11(8-4-1)13-12-9-5-2-6-10-12;/h5-34H,1-4H3;5-14H,1-4H3;1-10,13H;1H/i;;;1+1. The van der Waals surface area contributed by atoms with Crippen LogP contribution in [0.15, 0.2) is 312 Å². The Bertz CT molecular complexity index is 4970. The van der Waals surface area contributed by atoms with E-state index in [1.165, 1.54) is 122 Å². The van der Waals surface area contributed by atoms with Gasteiger partial charge in [-0.2, -0.15) is 0 Å². The molecule has 0 amide bonds. The van der Waals surface area contributed by atoms with Crippen LogP contribution < -0.4 is 15.1 Å². The molecular weight excluding hydrogens is 1310 g/mol. The van der Waals surface area contributed by atoms with Gasteiger partial charge in [-0.05, 0) is 232 Å². The number of nitrogens with one attached hydrogen (secondary N) is 1. The highest BCUT2D eigenvalue weighted by molar-refractivity contribution is 9.10. The normalized spacial score (nSPS) is 14.4. The molecular formula is C92H77Br2N3. The summed E-state index contributed by atoms with van der Waals surface area (Å²) in [4.78, 5) is 4.74. The second kappa shape index (κ2) is 23.9. The predicted molar refractivity (Wildman–Crippen MR) is 421 cm³/mol. The topological polar surface area (TPSA) is 18.5 Å². The van der Waals surface area contributed by atoms with Crippen molar-refractivity contribution in [2.75, 3.05) is 15.1 Å². The van der Waals surface area contributed by atoms with Gasteiger partial charge < -0.3 is 15.1 Å². The smallest absolute Gasteiger partial charge is 0.0465 e. The number of halogens is 2. The van der Waals surface area contributed by atoms with Gasteiger partial charge in [0.05, 0.1) is 0 Å². The average Bonchev–Trinajstić information content (AvgIpc) is 1.55. The number of nitrogens with zero attached hydrogens (tertiary/aromatic N) is 2. The van der Waals surface area contributed by atoms with Crippen LogP contribution in [0.2, 0.25) is 0 Å². The van der Waals surface area contributed by atoms with E-state index in [1.807, 2.05) is 60.7 Å². The minimum absolute atomic E-state index is 0. The second-order valence-corrected chi connectivity index (χ2v) is 30.2. The summed E-state index contributed by atoms with van der Waals surface area (Å²) < 4.78 is 2.29. The second-order valence-electron chi connectivity index (χ2n) is 28.4. The van der Waals surface area contributed by atoms with Gasteiger partial charge in [-0.3, -0.25) is 0 Å². The van der Waals surface area contributed by atoms with Crippen molar-refractivity contribution < 1.29 is 1.43 Å². The van der Waals surface area contributed by atoms with E-state index in [2.05, 4.69) is 345 Å². The summed E-state index contributed by atoms with van der Waals surface area (Å²) in [6.45, 7) is 18.9. The van der Waals surface area contributed by atoms with E-state index in [0.29, 0.717) is 0 Å². The number of hydrogen-bond donors (Lipinski definition) is 1. The fourth-order valence-electron chi connectivity index (χ4n) is 16.4. The summed E-state index contributed by atoms with van der Waals surface area (Å²) in [6.07, 6.45) is 0. The fraction of sp³-hybridized carbons (Fsp3) is 0.130. The van der Waals surface area contributed by atoms with Gasteiger partial charge in [-0.25, -0.2) is 0 Å². The average molecular weight is 1390 g/mol. The molecule has 0 saturated carbocycles. The van der Waals surface area contributed by atoms with Gasteiger partial charge in [-0.1, -0.05) is 269 Å². The molecule has 0 fully saturated rings. The first-order valence-electron chi connectivity index (χ1n) is 33.8. The highest BCUT2D eigenvalue weighted by Gasteiger charge is 2.43. The zero-order valence-electron chi connectivity index (χ0n) is 56.0. The summed E-state index contributed by atoms with van der Waals surface area (Å²) in [6, 6.07) is 110. The predicted octanol–water partition coefficient (Wildman–Crippen LogP) is 27.0. The molecule has 0 saturated heterocycles. The van der Waals surface area contributed by atoms with Crippen molar-refractivity contribution in [2.24, 2.45) is 0 Å².